The van der Waals surface area contributed by atoms with Crippen molar-refractivity contribution in [3.8, 4) is 11.5 Å². The first-order valence-corrected chi connectivity index (χ1v) is 8.48. The molecule has 0 heterocycles. The van der Waals surface area contributed by atoms with Crippen LogP contribution in [0.1, 0.15) is 26.3 Å². The van der Waals surface area contributed by atoms with Crippen molar-refractivity contribution in [1.82, 2.24) is 0 Å². The summed E-state index contributed by atoms with van der Waals surface area (Å²) in [5.41, 5.74) is 0.890. The Morgan fingerprint density at radius 1 is 1.20 bits per heavy atom. The van der Waals surface area contributed by atoms with E-state index in [-0.39, 0.29) is 12.4 Å². The number of halogens is 1. The molecule has 0 spiro atoms. The maximum Gasteiger partial charge on any atom is 0.161 e. The van der Waals surface area contributed by atoms with Crippen LogP contribution in [0, 0.1) is 0 Å². The van der Waals surface area contributed by atoms with Gasteiger partial charge in [0.2, 0.25) is 0 Å². The molecule has 0 saturated carbocycles. The molecule has 1 rings (SSSR count). The molecule has 4 nitrogen and oxygen atoms in total. The fourth-order valence-corrected chi connectivity index (χ4v) is 2.57. The summed E-state index contributed by atoms with van der Waals surface area (Å²) in [6.45, 7) is 5.12. The van der Waals surface area contributed by atoms with Crippen LogP contribution in [-0.4, -0.2) is 32.6 Å². The highest BCUT2D eigenvalue weighted by Crippen LogP contribution is 2.29. The van der Waals surface area contributed by atoms with E-state index in [0.29, 0.717) is 17.4 Å². The van der Waals surface area contributed by atoms with Crippen molar-refractivity contribution in [3.63, 3.8) is 0 Å². The molecule has 114 valence electrons. The van der Waals surface area contributed by atoms with Crippen molar-refractivity contribution in [2.75, 3.05) is 19.5 Å². The summed E-state index contributed by atoms with van der Waals surface area (Å²) in [5, 5.41) is 0. The molecule has 0 unspecified atom stereocenters. The van der Waals surface area contributed by atoms with E-state index in [2.05, 4.69) is 0 Å². The zero-order valence-corrected chi connectivity index (χ0v) is 13.8. The summed E-state index contributed by atoms with van der Waals surface area (Å²) in [6, 6.07) is 5.35. The number of methoxy groups -OCH3 is 1. The molecule has 0 radical (unpaired) electrons. The largest absolute Gasteiger partial charge is 0.493 e. The van der Waals surface area contributed by atoms with Crippen LogP contribution in [0.3, 0.4) is 0 Å². The van der Waals surface area contributed by atoms with Gasteiger partial charge in [0.25, 0.3) is 0 Å². The van der Waals surface area contributed by atoms with Crippen LogP contribution in [0.15, 0.2) is 18.2 Å². The molecule has 0 amide bonds. The second kappa shape index (κ2) is 6.68. The molecule has 1 aromatic carbocycles. The minimum atomic E-state index is -3.20. The Balaban J connectivity index is 2.76. The Morgan fingerprint density at radius 2 is 1.85 bits per heavy atom. The van der Waals surface area contributed by atoms with Crippen molar-refractivity contribution in [2.24, 2.45) is 0 Å². The quantitative estimate of drug-likeness (QED) is 0.756. The van der Waals surface area contributed by atoms with Crippen LogP contribution in [0.5, 0.6) is 11.5 Å². The van der Waals surface area contributed by atoms with Gasteiger partial charge in [-0.25, -0.2) is 8.42 Å². The summed E-state index contributed by atoms with van der Waals surface area (Å²) in [5.74, 6) is 1.40. The van der Waals surface area contributed by atoms with E-state index < -0.39 is 14.6 Å². The summed E-state index contributed by atoms with van der Waals surface area (Å²) in [4.78, 5) is 0. The standard InChI is InChI=1S/C14H21ClO4S/c1-14(2,3)20(16,17)8-7-19-13-9-11(10-15)5-6-12(13)18-4/h5-6,9H,7-8,10H2,1-4H3. The maximum absolute atomic E-state index is 12.0. The molecule has 0 aromatic heterocycles. The Labute approximate surface area is 126 Å². The number of benzene rings is 1. The number of hydrogen-bond donors (Lipinski definition) is 0. The van der Waals surface area contributed by atoms with Crippen LogP contribution < -0.4 is 9.47 Å². The van der Waals surface area contributed by atoms with E-state index in [1.165, 1.54) is 7.11 Å². The lowest BCUT2D eigenvalue weighted by Gasteiger charge is -2.19. The molecule has 0 aliphatic carbocycles. The summed E-state index contributed by atoms with van der Waals surface area (Å²) in [6.07, 6.45) is 0. The van der Waals surface area contributed by atoms with Crippen LogP contribution >= 0.6 is 11.6 Å². The van der Waals surface area contributed by atoms with Gasteiger partial charge in [0.05, 0.1) is 17.6 Å². The van der Waals surface area contributed by atoms with Crippen molar-refractivity contribution in [3.05, 3.63) is 23.8 Å². The van der Waals surface area contributed by atoms with Gasteiger partial charge in [-0.15, -0.1) is 11.6 Å². The molecule has 0 atom stereocenters. The van der Waals surface area contributed by atoms with E-state index in [1.54, 1.807) is 32.9 Å². The van der Waals surface area contributed by atoms with Crippen molar-refractivity contribution >= 4 is 21.4 Å². The average molecular weight is 321 g/mol. The summed E-state index contributed by atoms with van der Waals surface area (Å²) in [7, 11) is -1.66. The maximum atomic E-state index is 12.0. The molecule has 0 bridgehead atoms. The molecule has 0 aliphatic rings. The van der Waals surface area contributed by atoms with Gasteiger partial charge in [0.15, 0.2) is 21.3 Å². The normalized spacial score (nSPS) is 12.2. The molecule has 0 fully saturated rings. The third-order valence-corrected chi connectivity index (χ3v) is 5.80. The second-order valence-electron chi connectivity index (χ2n) is 5.40. The number of alkyl halides is 1. The molecule has 0 saturated heterocycles. The monoisotopic (exact) mass is 320 g/mol. The van der Waals surface area contributed by atoms with Crippen LogP contribution in [0.25, 0.3) is 0 Å². The van der Waals surface area contributed by atoms with Gasteiger partial charge >= 0.3 is 0 Å². The van der Waals surface area contributed by atoms with Crippen LogP contribution in [-0.2, 0) is 15.7 Å². The zero-order chi connectivity index (χ0) is 15.4. The minimum absolute atomic E-state index is 0.0369. The third kappa shape index (κ3) is 4.28. The smallest absolute Gasteiger partial charge is 0.161 e. The van der Waals surface area contributed by atoms with Gasteiger partial charge in [0.1, 0.15) is 6.61 Å². The molecule has 6 heteroatoms. The van der Waals surface area contributed by atoms with E-state index in [1.807, 2.05) is 6.07 Å². The lowest BCUT2D eigenvalue weighted by atomic mass is 10.2. The van der Waals surface area contributed by atoms with E-state index in [9.17, 15) is 8.42 Å². The highest BCUT2D eigenvalue weighted by atomic mass is 35.5. The van der Waals surface area contributed by atoms with E-state index in [0.717, 1.165) is 5.56 Å². The highest BCUT2D eigenvalue weighted by Gasteiger charge is 2.28. The fraction of sp³-hybridized carbons (Fsp3) is 0.571. The summed E-state index contributed by atoms with van der Waals surface area (Å²) >= 11 is 5.77. The Bertz CT molecular complexity index is 547. The fourth-order valence-electron chi connectivity index (χ4n) is 1.48. The second-order valence-corrected chi connectivity index (χ2v) is 8.53. The number of hydrogen-bond acceptors (Lipinski definition) is 4. The first-order valence-electron chi connectivity index (χ1n) is 6.29. The van der Waals surface area contributed by atoms with E-state index >= 15 is 0 Å². The molecule has 0 N–H and O–H groups in total. The van der Waals surface area contributed by atoms with Gasteiger partial charge in [-0.1, -0.05) is 6.07 Å². The number of sulfone groups is 1. The molecular formula is C14H21ClO4S. The zero-order valence-electron chi connectivity index (χ0n) is 12.3. The third-order valence-electron chi connectivity index (χ3n) is 2.92. The molecule has 20 heavy (non-hydrogen) atoms. The topological polar surface area (TPSA) is 52.6 Å². The lowest BCUT2D eigenvalue weighted by molar-refractivity contribution is 0.310. The summed E-state index contributed by atoms with van der Waals surface area (Å²) < 4.78 is 33.9. The van der Waals surface area contributed by atoms with Gasteiger partial charge in [0, 0.05) is 5.88 Å². The predicted molar refractivity (Wildman–Crippen MR) is 81.6 cm³/mol. The number of rotatable bonds is 6. The Hall–Kier alpha value is -0.940. The minimum Gasteiger partial charge on any atom is -0.493 e. The van der Waals surface area contributed by atoms with Gasteiger partial charge in [-0.05, 0) is 38.5 Å². The van der Waals surface area contributed by atoms with Crippen molar-refractivity contribution in [1.29, 1.82) is 0 Å². The lowest BCUT2D eigenvalue weighted by Crippen LogP contribution is -2.32. The molecule has 1 aromatic rings. The SMILES string of the molecule is COc1ccc(CCl)cc1OCCS(=O)(=O)C(C)(C)C. The Morgan fingerprint density at radius 3 is 2.35 bits per heavy atom. The van der Waals surface area contributed by atoms with Gasteiger partial charge in [-0.3, -0.25) is 0 Å². The molecular weight excluding hydrogens is 300 g/mol. The van der Waals surface area contributed by atoms with Gasteiger partial charge < -0.3 is 9.47 Å². The molecule has 0 aliphatic heterocycles. The predicted octanol–water partition coefficient (Wildman–Crippen LogP) is 3.03. The van der Waals surface area contributed by atoms with E-state index in [4.69, 9.17) is 21.1 Å². The first kappa shape index (κ1) is 17.1. The number of ether oxygens (including phenoxy) is 2. The van der Waals surface area contributed by atoms with Crippen LogP contribution in [0.4, 0.5) is 0 Å². The first-order chi connectivity index (χ1) is 9.21. The van der Waals surface area contributed by atoms with Crippen LogP contribution in [0.2, 0.25) is 0 Å². The van der Waals surface area contributed by atoms with Crippen molar-refractivity contribution in [2.45, 2.75) is 31.4 Å². The van der Waals surface area contributed by atoms with Crippen molar-refractivity contribution < 1.29 is 17.9 Å². The van der Waals surface area contributed by atoms with Gasteiger partial charge in [-0.2, -0.15) is 0 Å². The Kier molecular flexibility index (Phi) is 5.71. The average Bonchev–Trinajstić information content (AvgIpc) is 2.37. The highest BCUT2D eigenvalue weighted by molar-refractivity contribution is 7.92.